The molecule has 14 heavy (non-hydrogen) atoms. The Balaban J connectivity index is 2.36. The van der Waals surface area contributed by atoms with Crippen molar-refractivity contribution in [3.8, 4) is 0 Å². The molecule has 0 saturated heterocycles. The zero-order chi connectivity index (χ0) is 10.8. The van der Waals surface area contributed by atoms with Crippen LogP contribution in [0.4, 0.5) is 0 Å². The molecule has 0 bridgehead atoms. The van der Waals surface area contributed by atoms with E-state index in [4.69, 9.17) is 0 Å². The van der Waals surface area contributed by atoms with E-state index in [9.17, 15) is 4.79 Å². The van der Waals surface area contributed by atoms with Crippen LogP contribution in [0.1, 0.15) is 40.0 Å². The van der Waals surface area contributed by atoms with Gasteiger partial charge in [-0.1, -0.05) is 13.8 Å². The van der Waals surface area contributed by atoms with Crippen LogP contribution in [-0.4, -0.2) is 25.0 Å². The molecule has 0 aromatic rings. The van der Waals surface area contributed by atoms with Gasteiger partial charge in [-0.3, -0.25) is 4.79 Å². The van der Waals surface area contributed by atoms with Crippen molar-refractivity contribution in [3.63, 3.8) is 0 Å². The van der Waals surface area contributed by atoms with Crippen LogP contribution in [0.3, 0.4) is 0 Å². The predicted molar refractivity (Wildman–Crippen MR) is 58.1 cm³/mol. The summed E-state index contributed by atoms with van der Waals surface area (Å²) < 4.78 is 0. The molecule has 0 aliphatic heterocycles. The van der Waals surface area contributed by atoms with Crippen LogP contribution in [0.25, 0.3) is 0 Å². The van der Waals surface area contributed by atoms with Crippen LogP contribution >= 0.6 is 0 Å². The first-order chi connectivity index (χ1) is 6.44. The van der Waals surface area contributed by atoms with Crippen molar-refractivity contribution in [2.45, 2.75) is 52.1 Å². The fourth-order valence-corrected chi connectivity index (χ4v) is 2.22. The maximum atomic E-state index is 11.3. The van der Waals surface area contributed by atoms with Gasteiger partial charge in [-0.05, 0) is 31.6 Å². The third kappa shape index (κ3) is 2.98. The van der Waals surface area contributed by atoms with Crippen molar-refractivity contribution < 1.29 is 4.79 Å². The summed E-state index contributed by atoms with van der Waals surface area (Å²) in [5.74, 6) is 0.0784. The van der Waals surface area contributed by atoms with Crippen LogP contribution in [0.15, 0.2) is 0 Å². The molecule has 0 aromatic carbocycles. The van der Waals surface area contributed by atoms with E-state index in [0.717, 1.165) is 0 Å². The highest BCUT2D eigenvalue weighted by molar-refractivity contribution is 5.80. The molecule has 0 spiro atoms. The first-order valence-corrected chi connectivity index (χ1v) is 5.42. The molecule has 1 aliphatic carbocycles. The van der Waals surface area contributed by atoms with Gasteiger partial charge in [0.25, 0.3) is 0 Å². The smallest absolute Gasteiger partial charge is 0.236 e. The van der Waals surface area contributed by atoms with Gasteiger partial charge in [0, 0.05) is 13.1 Å². The molecule has 1 amide bonds. The van der Waals surface area contributed by atoms with E-state index in [2.05, 4.69) is 24.5 Å². The second-order valence-electron chi connectivity index (χ2n) is 5.11. The van der Waals surface area contributed by atoms with Crippen LogP contribution < -0.4 is 10.6 Å². The summed E-state index contributed by atoms with van der Waals surface area (Å²) in [6, 6.07) is 0.441. The number of carbonyl (C=O) groups excluding carboxylic acids is 1. The van der Waals surface area contributed by atoms with Crippen molar-refractivity contribution in [3.05, 3.63) is 0 Å². The van der Waals surface area contributed by atoms with Crippen molar-refractivity contribution in [2.24, 2.45) is 5.41 Å². The Morgan fingerprint density at radius 1 is 1.50 bits per heavy atom. The molecular weight excluding hydrogens is 176 g/mol. The lowest BCUT2D eigenvalue weighted by atomic mass is 9.92. The van der Waals surface area contributed by atoms with Gasteiger partial charge >= 0.3 is 0 Å². The van der Waals surface area contributed by atoms with Crippen molar-refractivity contribution in [1.82, 2.24) is 10.6 Å². The van der Waals surface area contributed by atoms with E-state index in [1.165, 1.54) is 19.3 Å². The molecule has 0 radical (unpaired) electrons. The van der Waals surface area contributed by atoms with Crippen LogP contribution in [-0.2, 0) is 4.79 Å². The minimum absolute atomic E-state index is 0.0705. The zero-order valence-electron chi connectivity index (χ0n) is 9.68. The van der Waals surface area contributed by atoms with Gasteiger partial charge in [-0.25, -0.2) is 0 Å². The summed E-state index contributed by atoms with van der Waals surface area (Å²) in [6.45, 7) is 6.50. The summed E-state index contributed by atoms with van der Waals surface area (Å²) in [5.41, 5.74) is 0.445. The Bertz CT molecular complexity index is 213. The topological polar surface area (TPSA) is 41.1 Å². The highest BCUT2D eigenvalue weighted by Gasteiger charge is 2.31. The van der Waals surface area contributed by atoms with E-state index in [0.29, 0.717) is 11.5 Å². The van der Waals surface area contributed by atoms with Crippen molar-refractivity contribution in [1.29, 1.82) is 0 Å². The van der Waals surface area contributed by atoms with Gasteiger partial charge in [0.15, 0.2) is 0 Å². The van der Waals surface area contributed by atoms with Crippen LogP contribution in [0.5, 0.6) is 0 Å². The molecule has 0 aromatic heterocycles. The predicted octanol–water partition coefficient (Wildman–Crippen LogP) is 1.29. The summed E-state index contributed by atoms with van der Waals surface area (Å²) in [4.78, 5) is 11.3. The average molecular weight is 198 g/mol. The molecule has 2 atom stereocenters. The zero-order valence-corrected chi connectivity index (χ0v) is 9.68. The van der Waals surface area contributed by atoms with E-state index >= 15 is 0 Å². The fourth-order valence-electron chi connectivity index (χ4n) is 2.22. The summed E-state index contributed by atoms with van der Waals surface area (Å²) in [7, 11) is 1.68. The first kappa shape index (κ1) is 11.5. The SMILES string of the molecule is CNC(=O)[C@H](C)NC1CCC(C)(C)C1. The van der Waals surface area contributed by atoms with E-state index in [1.54, 1.807) is 7.05 Å². The molecule has 1 aliphatic rings. The third-order valence-corrected chi connectivity index (χ3v) is 3.09. The van der Waals surface area contributed by atoms with Gasteiger partial charge in [0.1, 0.15) is 0 Å². The average Bonchev–Trinajstić information content (AvgIpc) is 2.44. The lowest BCUT2D eigenvalue weighted by Crippen LogP contribution is -2.45. The Kier molecular flexibility index (Phi) is 3.53. The first-order valence-electron chi connectivity index (χ1n) is 5.42. The van der Waals surface area contributed by atoms with Crippen molar-refractivity contribution in [2.75, 3.05) is 7.05 Å². The Hall–Kier alpha value is -0.570. The molecule has 82 valence electrons. The second-order valence-corrected chi connectivity index (χ2v) is 5.11. The quantitative estimate of drug-likeness (QED) is 0.717. The van der Waals surface area contributed by atoms with Gasteiger partial charge in [-0.15, -0.1) is 0 Å². The number of carbonyl (C=O) groups is 1. The molecule has 1 rings (SSSR count). The Morgan fingerprint density at radius 2 is 2.14 bits per heavy atom. The van der Waals surface area contributed by atoms with Crippen molar-refractivity contribution >= 4 is 5.91 Å². The van der Waals surface area contributed by atoms with E-state index in [1.807, 2.05) is 6.92 Å². The second kappa shape index (κ2) is 4.30. The largest absolute Gasteiger partial charge is 0.358 e. The molecule has 0 heterocycles. The summed E-state index contributed by atoms with van der Waals surface area (Å²) >= 11 is 0. The fraction of sp³-hybridized carbons (Fsp3) is 0.909. The number of nitrogens with one attached hydrogen (secondary N) is 2. The molecule has 1 unspecified atom stereocenters. The van der Waals surface area contributed by atoms with Gasteiger partial charge in [-0.2, -0.15) is 0 Å². The van der Waals surface area contributed by atoms with E-state index < -0.39 is 0 Å². The highest BCUT2D eigenvalue weighted by Crippen LogP contribution is 2.36. The number of hydrogen-bond acceptors (Lipinski definition) is 2. The number of hydrogen-bond donors (Lipinski definition) is 2. The molecule has 2 N–H and O–H groups in total. The summed E-state index contributed by atoms with van der Waals surface area (Å²) in [5, 5.41) is 6.03. The Labute approximate surface area is 86.6 Å². The normalized spacial score (nSPS) is 27.3. The van der Waals surface area contributed by atoms with Gasteiger partial charge in [0.2, 0.25) is 5.91 Å². The standard InChI is InChI=1S/C11H22N2O/c1-8(10(14)12-4)13-9-5-6-11(2,3)7-9/h8-9,13H,5-7H2,1-4H3,(H,12,14)/t8-,9?/m0/s1. The van der Waals surface area contributed by atoms with Crippen LogP contribution in [0.2, 0.25) is 0 Å². The molecule has 3 heteroatoms. The minimum Gasteiger partial charge on any atom is -0.358 e. The molecule has 3 nitrogen and oxygen atoms in total. The van der Waals surface area contributed by atoms with E-state index in [-0.39, 0.29) is 11.9 Å². The monoisotopic (exact) mass is 198 g/mol. The molecule has 1 saturated carbocycles. The highest BCUT2D eigenvalue weighted by atomic mass is 16.2. The van der Waals surface area contributed by atoms with Crippen LogP contribution in [0, 0.1) is 5.41 Å². The minimum atomic E-state index is -0.0705. The maximum absolute atomic E-state index is 11.3. The number of amides is 1. The lowest BCUT2D eigenvalue weighted by molar-refractivity contribution is -0.122. The number of rotatable bonds is 3. The molecule has 1 fully saturated rings. The Morgan fingerprint density at radius 3 is 2.57 bits per heavy atom. The summed E-state index contributed by atoms with van der Waals surface area (Å²) in [6.07, 6.45) is 3.62. The number of likely N-dealkylation sites (N-methyl/N-ethyl adjacent to an activating group) is 1. The van der Waals surface area contributed by atoms with Gasteiger partial charge in [0.05, 0.1) is 6.04 Å². The lowest BCUT2D eigenvalue weighted by Gasteiger charge is -2.20. The van der Waals surface area contributed by atoms with Gasteiger partial charge < -0.3 is 10.6 Å². The maximum Gasteiger partial charge on any atom is 0.236 e. The third-order valence-electron chi connectivity index (χ3n) is 3.09. The molecular formula is C11H22N2O.